The van der Waals surface area contributed by atoms with Crippen molar-refractivity contribution >= 4 is 23.3 Å². The lowest BCUT2D eigenvalue weighted by molar-refractivity contribution is -0.114. The van der Waals surface area contributed by atoms with Crippen molar-refractivity contribution in [3.63, 3.8) is 0 Å². The Kier molecular flexibility index (Phi) is 6.41. The van der Waals surface area contributed by atoms with E-state index in [9.17, 15) is 9.59 Å². The Bertz CT molecular complexity index is 832. The number of anilines is 2. The van der Waals surface area contributed by atoms with E-state index >= 15 is 0 Å². The number of aromatic nitrogens is 2. The molecule has 1 saturated heterocycles. The number of carbonyl (C=O) groups excluding carboxylic acids is 2. The number of hydrogen-bond donors (Lipinski definition) is 2. The Balaban J connectivity index is 1.47. The minimum Gasteiger partial charge on any atom is -0.476 e. The number of aryl methyl sites for hydroxylation is 1. The highest BCUT2D eigenvalue weighted by Gasteiger charge is 2.15. The first-order valence-corrected chi connectivity index (χ1v) is 9.40. The summed E-state index contributed by atoms with van der Waals surface area (Å²) >= 11 is 0. The highest BCUT2D eigenvalue weighted by atomic mass is 16.5. The molecule has 1 aromatic heterocycles. The molecule has 2 heterocycles. The molecular weight excluding hydrogens is 358 g/mol. The molecule has 8 heteroatoms. The van der Waals surface area contributed by atoms with E-state index in [1.165, 1.54) is 19.8 Å². The molecule has 1 aliphatic heterocycles. The molecule has 0 radical (unpaired) electrons. The Labute approximate surface area is 164 Å². The van der Waals surface area contributed by atoms with Gasteiger partial charge >= 0.3 is 0 Å². The van der Waals surface area contributed by atoms with Crippen LogP contribution >= 0.6 is 0 Å². The summed E-state index contributed by atoms with van der Waals surface area (Å²) in [5, 5.41) is 5.47. The number of carbonyl (C=O) groups is 2. The van der Waals surface area contributed by atoms with Crippen molar-refractivity contribution < 1.29 is 14.3 Å². The zero-order valence-corrected chi connectivity index (χ0v) is 16.2. The summed E-state index contributed by atoms with van der Waals surface area (Å²) in [6.07, 6.45) is 2.36. The first kappa shape index (κ1) is 19.6. The van der Waals surface area contributed by atoms with E-state index in [4.69, 9.17) is 4.74 Å². The van der Waals surface area contributed by atoms with Gasteiger partial charge < -0.3 is 20.3 Å². The first-order chi connectivity index (χ1) is 13.5. The van der Waals surface area contributed by atoms with Gasteiger partial charge in [0.15, 0.2) is 0 Å². The van der Waals surface area contributed by atoms with Crippen LogP contribution in [-0.4, -0.2) is 48.0 Å². The van der Waals surface area contributed by atoms with Gasteiger partial charge in [-0.2, -0.15) is 4.98 Å². The van der Waals surface area contributed by atoms with E-state index < -0.39 is 0 Å². The standard InChI is InChI=1S/C20H25N5O3/c1-14-22-18(25-10-3-4-11-25)13-19(23-14)28-12-9-21-20(27)16-5-7-17(8-6-16)24-15(2)26/h5-8,13H,3-4,9-12H2,1-2H3,(H,21,27)(H,24,26). The van der Waals surface area contributed by atoms with Crippen LogP contribution in [-0.2, 0) is 4.79 Å². The normalized spacial score (nSPS) is 13.3. The van der Waals surface area contributed by atoms with E-state index in [2.05, 4.69) is 25.5 Å². The van der Waals surface area contributed by atoms with Crippen molar-refractivity contribution in [3.8, 4) is 5.88 Å². The Morgan fingerprint density at radius 1 is 1.14 bits per heavy atom. The van der Waals surface area contributed by atoms with E-state index in [1.807, 2.05) is 13.0 Å². The summed E-state index contributed by atoms with van der Waals surface area (Å²) in [5.74, 6) is 1.73. The Morgan fingerprint density at radius 3 is 2.54 bits per heavy atom. The van der Waals surface area contributed by atoms with Crippen molar-refractivity contribution in [2.75, 3.05) is 36.5 Å². The first-order valence-electron chi connectivity index (χ1n) is 9.40. The Morgan fingerprint density at radius 2 is 1.86 bits per heavy atom. The van der Waals surface area contributed by atoms with Crippen molar-refractivity contribution in [1.82, 2.24) is 15.3 Å². The largest absolute Gasteiger partial charge is 0.476 e. The van der Waals surface area contributed by atoms with Crippen LogP contribution in [0.5, 0.6) is 5.88 Å². The van der Waals surface area contributed by atoms with E-state index in [1.54, 1.807) is 24.3 Å². The van der Waals surface area contributed by atoms with Gasteiger partial charge in [-0.1, -0.05) is 0 Å². The summed E-state index contributed by atoms with van der Waals surface area (Å²) < 4.78 is 5.70. The topological polar surface area (TPSA) is 96.5 Å². The number of hydrogen-bond acceptors (Lipinski definition) is 6. The summed E-state index contributed by atoms with van der Waals surface area (Å²) in [6.45, 7) is 5.96. The summed E-state index contributed by atoms with van der Waals surface area (Å²) in [6, 6.07) is 8.56. The lowest BCUT2D eigenvalue weighted by Crippen LogP contribution is -2.28. The third-order valence-corrected chi connectivity index (χ3v) is 4.34. The quantitative estimate of drug-likeness (QED) is 0.711. The minimum atomic E-state index is -0.199. The molecule has 28 heavy (non-hydrogen) atoms. The molecule has 2 amide bonds. The monoisotopic (exact) mass is 383 g/mol. The van der Waals surface area contributed by atoms with Crippen LogP contribution in [0.2, 0.25) is 0 Å². The number of nitrogens with zero attached hydrogens (tertiary/aromatic N) is 3. The number of rotatable bonds is 7. The molecular formula is C20H25N5O3. The molecule has 148 valence electrons. The van der Waals surface area contributed by atoms with Gasteiger partial charge in [0.05, 0.1) is 6.54 Å². The van der Waals surface area contributed by atoms with Gasteiger partial charge in [-0.15, -0.1) is 0 Å². The number of benzene rings is 1. The molecule has 0 aliphatic carbocycles. The fourth-order valence-corrected chi connectivity index (χ4v) is 3.04. The summed E-state index contributed by atoms with van der Waals surface area (Å²) in [5.41, 5.74) is 1.17. The molecule has 0 atom stereocenters. The van der Waals surface area contributed by atoms with Crippen LogP contribution < -0.4 is 20.3 Å². The van der Waals surface area contributed by atoms with E-state index in [0.29, 0.717) is 36.1 Å². The van der Waals surface area contributed by atoms with Crippen molar-refractivity contribution in [3.05, 3.63) is 41.7 Å². The van der Waals surface area contributed by atoms with Crippen molar-refractivity contribution in [2.45, 2.75) is 26.7 Å². The average Bonchev–Trinajstić information content (AvgIpc) is 3.20. The maximum atomic E-state index is 12.2. The van der Waals surface area contributed by atoms with E-state index in [0.717, 1.165) is 18.9 Å². The van der Waals surface area contributed by atoms with Crippen LogP contribution in [0.1, 0.15) is 35.9 Å². The van der Waals surface area contributed by atoms with Crippen LogP contribution in [0.3, 0.4) is 0 Å². The smallest absolute Gasteiger partial charge is 0.251 e. The van der Waals surface area contributed by atoms with Crippen LogP contribution in [0.25, 0.3) is 0 Å². The van der Waals surface area contributed by atoms with Gasteiger partial charge in [0, 0.05) is 37.3 Å². The van der Waals surface area contributed by atoms with Gasteiger partial charge in [-0.3, -0.25) is 9.59 Å². The summed E-state index contributed by atoms with van der Waals surface area (Å²) in [7, 11) is 0. The molecule has 0 bridgehead atoms. The molecule has 2 aromatic rings. The molecule has 3 rings (SSSR count). The molecule has 2 N–H and O–H groups in total. The maximum Gasteiger partial charge on any atom is 0.251 e. The van der Waals surface area contributed by atoms with E-state index in [-0.39, 0.29) is 11.8 Å². The molecule has 0 saturated carbocycles. The average molecular weight is 383 g/mol. The SMILES string of the molecule is CC(=O)Nc1ccc(C(=O)NCCOc2cc(N3CCCC3)nc(C)n2)cc1. The highest BCUT2D eigenvalue weighted by Crippen LogP contribution is 2.21. The Hall–Kier alpha value is -3.16. The predicted molar refractivity (Wildman–Crippen MR) is 107 cm³/mol. The number of amides is 2. The second-order valence-electron chi connectivity index (χ2n) is 6.67. The van der Waals surface area contributed by atoms with Gasteiger partial charge in [0.1, 0.15) is 18.2 Å². The lowest BCUT2D eigenvalue weighted by Gasteiger charge is -2.17. The van der Waals surface area contributed by atoms with Crippen molar-refractivity contribution in [2.24, 2.45) is 0 Å². The minimum absolute atomic E-state index is 0.151. The number of nitrogens with one attached hydrogen (secondary N) is 2. The molecule has 8 nitrogen and oxygen atoms in total. The molecule has 0 spiro atoms. The van der Waals surface area contributed by atoms with Crippen LogP contribution in [0, 0.1) is 6.92 Å². The van der Waals surface area contributed by atoms with Crippen LogP contribution in [0.15, 0.2) is 30.3 Å². The van der Waals surface area contributed by atoms with Gasteiger partial charge in [0.25, 0.3) is 5.91 Å². The lowest BCUT2D eigenvalue weighted by atomic mass is 10.2. The third-order valence-electron chi connectivity index (χ3n) is 4.34. The van der Waals surface area contributed by atoms with Gasteiger partial charge in [-0.05, 0) is 44.0 Å². The molecule has 1 aliphatic rings. The summed E-state index contributed by atoms with van der Waals surface area (Å²) in [4.78, 5) is 34.2. The van der Waals surface area contributed by atoms with Crippen molar-refractivity contribution in [1.29, 1.82) is 0 Å². The highest BCUT2D eigenvalue weighted by molar-refractivity contribution is 5.95. The fourth-order valence-electron chi connectivity index (χ4n) is 3.04. The zero-order chi connectivity index (χ0) is 19.9. The molecule has 0 unspecified atom stereocenters. The molecule has 1 fully saturated rings. The fraction of sp³-hybridized carbons (Fsp3) is 0.400. The van der Waals surface area contributed by atoms with Gasteiger partial charge in [0.2, 0.25) is 11.8 Å². The third kappa shape index (κ3) is 5.42. The number of ether oxygens (including phenoxy) is 1. The van der Waals surface area contributed by atoms with Crippen LogP contribution in [0.4, 0.5) is 11.5 Å². The zero-order valence-electron chi connectivity index (χ0n) is 16.2. The second-order valence-corrected chi connectivity index (χ2v) is 6.67. The predicted octanol–water partition coefficient (Wildman–Crippen LogP) is 2.15. The maximum absolute atomic E-state index is 12.2. The second kappa shape index (κ2) is 9.16. The van der Waals surface area contributed by atoms with Gasteiger partial charge in [-0.25, -0.2) is 4.98 Å². The molecule has 1 aromatic carbocycles.